The van der Waals surface area contributed by atoms with Crippen molar-refractivity contribution in [2.75, 3.05) is 6.54 Å². The van der Waals surface area contributed by atoms with E-state index in [-0.39, 0.29) is 5.92 Å². The summed E-state index contributed by atoms with van der Waals surface area (Å²) in [6.07, 6.45) is 5.57. The summed E-state index contributed by atoms with van der Waals surface area (Å²) in [5, 5.41) is 2.29. The topological polar surface area (TPSA) is 81.8 Å². The lowest BCUT2D eigenvalue weighted by molar-refractivity contribution is -0.118. The van der Waals surface area contributed by atoms with E-state index in [0.717, 1.165) is 28.0 Å². The number of aromatic nitrogens is 3. The second kappa shape index (κ2) is 12.8. The number of Topliss-reactive ketones (excluding diaryl/α,β-unsaturated/α-hetero) is 1. The van der Waals surface area contributed by atoms with Crippen molar-refractivity contribution in [3.8, 4) is 11.3 Å². The Hall–Kier alpha value is -2.92. The molecule has 0 spiro atoms. The van der Waals surface area contributed by atoms with E-state index in [2.05, 4.69) is 54.1 Å². The molecule has 172 valence electrons. The highest BCUT2D eigenvalue weighted by atomic mass is 16.1. The molecule has 32 heavy (non-hydrogen) atoms. The highest BCUT2D eigenvalue weighted by molar-refractivity contribution is 5.87. The number of nitrogens with two attached hydrogens (primary N) is 1. The van der Waals surface area contributed by atoms with Crippen LogP contribution in [-0.2, 0) is 4.79 Å². The molecule has 3 atom stereocenters. The van der Waals surface area contributed by atoms with Gasteiger partial charge in [-0.15, -0.1) is 13.2 Å². The maximum atomic E-state index is 10.7. The van der Waals surface area contributed by atoms with Gasteiger partial charge < -0.3 is 5.73 Å². The van der Waals surface area contributed by atoms with Crippen LogP contribution >= 0.6 is 0 Å². The average molecular weight is 435 g/mol. The monoisotopic (exact) mass is 434 g/mol. The van der Waals surface area contributed by atoms with Gasteiger partial charge in [0, 0.05) is 46.8 Å². The summed E-state index contributed by atoms with van der Waals surface area (Å²) in [7, 11) is 0. The Morgan fingerprint density at radius 2 is 1.78 bits per heavy atom. The number of carbonyl (C=O) groups is 1. The number of nitrogens with zero attached hydrogens (tertiary/aromatic N) is 3. The molecule has 3 aromatic heterocycles. The zero-order chi connectivity index (χ0) is 24.4. The predicted molar refractivity (Wildman–Crippen MR) is 135 cm³/mol. The molecule has 1 saturated carbocycles. The van der Waals surface area contributed by atoms with Crippen molar-refractivity contribution in [1.29, 1.82) is 0 Å². The molecule has 1 fully saturated rings. The van der Waals surface area contributed by atoms with E-state index in [1.54, 1.807) is 13.1 Å². The largest absolute Gasteiger partial charge is 0.330 e. The van der Waals surface area contributed by atoms with Gasteiger partial charge in [-0.25, -0.2) is 0 Å². The fourth-order valence-electron chi connectivity index (χ4n) is 3.87. The minimum absolute atomic E-state index is 0.287. The summed E-state index contributed by atoms with van der Waals surface area (Å²) >= 11 is 0. The second-order valence-electron chi connectivity index (χ2n) is 7.73. The minimum Gasteiger partial charge on any atom is -0.330 e. The van der Waals surface area contributed by atoms with Crippen molar-refractivity contribution in [3.63, 3.8) is 0 Å². The molecule has 4 rings (SSSR count). The highest BCUT2D eigenvalue weighted by Gasteiger charge is 2.48. The SMILES string of the molecule is C=C.CC.CC(=O)[C@H]1C(C)[C@@H]1CN.Cc1cc2cc(-c3cnccc3C)nc(C)c2cn1. The molecule has 0 saturated heterocycles. The van der Waals surface area contributed by atoms with Crippen LogP contribution in [0.25, 0.3) is 22.0 Å². The Morgan fingerprint density at radius 3 is 2.28 bits per heavy atom. The number of pyridine rings is 3. The van der Waals surface area contributed by atoms with Gasteiger partial charge in [-0.2, -0.15) is 0 Å². The molecule has 0 aliphatic heterocycles. The molecular formula is C27H38N4O. The highest BCUT2D eigenvalue weighted by Crippen LogP contribution is 2.45. The van der Waals surface area contributed by atoms with Crippen LogP contribution in [0.2, 0.25) is 0 Å². The third kappa shape index (κ3) is 6.54. The summed E-state index contributed by atoms with van der Waals surface area (Å²) in [6.45, 7) is 20.5. The van der Waals surface area contributed by atoms with E-state index in [4.69, 9.17) is 5.73 Å². The number of fused-ring (bicyclic) bond motifs is 1. The number of hydrogen-bond donors (Lipinski definition) is 1. The summed E-state index contributed by atoms with van der Waals surface area (Å²) in [4.78, 5) is 23.9. The van der Waals surface area contributed by atoms with Crippen molar-refractivity contribution in [1.82, 2.24) is 15.0 Å². The van der Waals surface area contributed by atoms with Crippen LogP contribution in [0.15, 0.2) is 49.9 Å². The molecule has 1 unspecified atom stereocenters. The first kappa shape index (κ1) is 27.1. The summed E-state index contributed by atoms with van der Waals surface area (Å²) < 4.78 is 0. The fourth-order valence-corrected chi connectivity index (χ4v) is 3.87. The smallest absolute Gasteiger partial charge is 0.133 e. The van der Waals surface area contributed by atoms with Crippen LogP contribution in [0.3, 0.4) is 0 Å². The lowest BCUT2D eigenvalue weighted by Crippen LogP contribution is -2.05. The molecule has 1 aliphatic carbocycles. The van der Waals surface area contributed by atoms with Gasteiger partial charge in [0.15, 0.2) is 0 Å². The molecule has 1 aliphatic rings. The maximum absolute atomic E-state index is 10.7. The van der Waals surface area contributed by atoms with Gasteiger partial charge in [-0.05, 0) is 75.2 Å². The Kier molecular flexibility index (Phi) is 10.9. The van der Waals surface area contributed by atoms with E-state index in [9.17, 15) is 4.79 Å². The normalized spacial score (nSPS) is 18.2. The summed E-state index contributed by atoms with van der Waals surface area (Å²) in [5.74, 6) is 1.63. The van der Waals surface area contributed by atoms with Crippen LogP contribution in [0.4, 0.5) is 0 Å². The van der Waals surface area contributed by atoms with E-state index >= 15 is 0 Å². The quantitative estimate of drug-likeness (QED) is 0.522. The van der Waals surface area contributed by atoms with Crippen LogP contribution < -0.4 is 5.73 Å². The first-order chi connectivity index (χ1) is 15.3. The number of hydrogen-bond acceptors (Lipinski definition) is 5. The summed E-state index contributed by atoms with van der Waals surface area (Å²) in [5.41, 5.74) is 10.7. The molecule has 2 N–H and O–H groups in total. The first-order valence-electron chi connectivity index (χ1n) is 11.2. The standard InChI is InChI=1S/C16H15N3.C7H13NO.C2H6.C2H4/c1-10-4-5-17-8-14(10)16-7-13-6-11(2)18-9-15(13)12(3)19-16;1-4-6(3-8)7(4)5(2)9;2*1-2/h4-9H,1-3H3;4,6-7H,3,8H2,1-2H3;1-2H3;1-2H2/t;4?,6-,7+;;/m.0../s1. The van der Waals surface area contributed by atoms with Crippen molar-refractivity contribution in [3.05, 3.63) is 66.9 Å². The van der Waals surface area contributed by atoms with Crippen molar-refractivity contribution in [2.45, 2.75) is 48.5 Å². The maximum Gasteiger partial charge on any atom is 0.133 e. The summed E-state index contributed by atoms with van der Waals surface area (Å²) in [6, 6.07) is 6.22. The molecular weight excluding hydrogens is 396 g/mol. The zero-order valence-electron chi connectivity index (χ0n) is 20.6. The zero-order valence-corrected chi connectivity index (χ0v) is 20.6. The molecule has 0 bridgehead atoms. The molecule has 0 amide bonds. The van der Waals surface area contributed by atoms with Gasteiger partial charge in [0.2, 0.25) is 0 Å². The van der Waals surface area contributed by atoms with Crippen molar-refractivity contribution >= 4 is 16.6 Å². The van der Waals surface area contributed by atoms with Gasteiger partial charge in [-0.3, -0.25) is 19.7 Å². The number of carbonyl (C=O) groups excluding carboxylic acids is 1. The second-order valence-corrected chi connectivity index (χ2v) is 7.73. The Labute approximate surface area is 193 Å². The predicted octanol–water partition coefficient (Wildman–Crippen LogP) is 5.86. The Balaban J connectivity index is 0.000000332. The average Bonchev–Trinajstić information content (AvgIpc) is 3.47. The van der Waals surface area contributed by atoms with Gasteiger partial charge in [0.1, 0.15) is 5.78 Å². The van der Waals surface area contributed by atoms with Gasteiger partial charge in [0.25, 0.3) is 0 Å². The molecule has 3 heterocycles. The molecule has 0 aromatic carbocycles. The van der Waals surface area contributed by atoms with E-state index in [1.165, 1.54) is 10.9 Å². The van der Waals surface area contributed by atoms with Crippen LogP contribution in [0.1, 0.15) is 44.6 Å². The number of aryl methyl sites for hydroxylation is 3. The molecule has 0 radical (unpaired) electrons. The van der Waals surface area contributed by atoms with Crippen molar-refractivity contribution < 1.29 is 4.79 Å². The van der Waals surface area contributed by atoms with Gasteiger partial charge >= 0.3 is 0 Å². The van der Waals surface area contributed by atoms with E-state index in [1.807, 2.05) is 46.2 Å². The first-order valence-corrected chi connectivity index (χ1v) is 11.2. The molecule has 3 aromatic rings. The van der Waals surface area contributed by atoms with Gasteiger partial charge in [-0.1, -0.05) is 20.8 Å². The third-order valence-corrected chi connectivity index (χ3v) is 5.66. The van der Waals surface area contributed by atoms with E-state index < -0.39 is 0 Å². The minimum atomic E-state index is 0.287. The molecule has 5 nitrogen and oxygen atoms in total. The number of rotatable bonds is 3. The fraction of sp³-hybridized carbons (Fsp3) is 0.407. The van der Waals surface area contributed by atoms with Gasteiger partial charge in [0.05, 0.1) is 5.69 Å². The Bertz CT molecular complexity index is 1030. The van der Waals surface area contributed by atoms with E-state index in [0.29, 0.717) is 24.2 Å². The third-order valence-electron chi connectivity index (χ3n) is 5.66. The van der Waals surface area contributed by atoms with Crippen molar-refractivity contribution in [2.24, 2.45) is 23.5 Å². The lowest BCUT2D eigenvalue weighted by Gasteiger charge is -2.08. The van der Waals surface area contributed by atoms with Crippen LogP contribution in [0.5, 0.6) is 0 Å². The van der Waals surface area contributed by atoms with Crippen LogP contribution in [0, 0.1) is 38.5 Å². The van der Waals surface area contributed by atoms with Crippen LogP contribution in [-0.4, -0.2) is 27.3 Å². The Morgan fingerprint density at radius 1 is 1.12 bits per heavy atom. The lowest BCUT2D eigenvalue weighted by atomic mass is 10.0. The number of ketones is 1. The molecule has 5 heteroatoms.